The van der Waals surface area contributed by atoms with Gasteiger partial charge >= 0.3 is 6.09 Å². The van der Waals surface area contributed by atoms with Gasteiger partial charge in [-0.05, 0) is 53.0 Å². The van der Waals surface area contributed by atoms with Gasteiger partial charge in [-0.3, -0.25) is 4.90 Å². The van der Waals surface area contributed by atoms with Crippen molar-refractivity contribution in [2.45, 2.75) is 65.1 Å². The van der Waals surface area contributed by atoms with Gasteiger partial charge in [0.2, 0.25) is 0 Å². The van der Waals surface area contributed by atoms with Crippen molar-refractivity contribution in [2.75, 3.05) is 19.6 Å². The van der Waals surface area contributed by atoms with E-state index >= 15 is 0 Å². The molecule has 3 atom stereocenters. The predicted molar refractivity (Wildman–Crippen MR) is 81.6 cm³/mol. The molecule has 0 bridgehead atoms. The van der Waals surface area contributed by atoms with Gasteiger partial charge in [-0.25, -0.2) is 4.79 Å². The lowest BCUT2D eigenvalue weighted by Gasteiger charge is -2.42. The lowest BCUT2D eigenvalue weighted by molar-refractivity contribution is 0.0445. The first-order chi connectivity index (χ1) is 9.24. The predicted octanol–water partition coefficient (Wildman–Crippen LogP) is 1.96. The number of nitrogens with zero attached hydrogens (tertiary/aromatic N) is 1. The van der Waals surface area contributed by atoms with Gasteiger partial charge in [0, 0.05) is 25.2 Å². The van der Waals surface area contributed by atoms with Crippen molar-refractivity contribution >= 4 is 6.09 Å². The van der Waals surface area contributed by atoms with Crippen molar-refractivity contribution in [1.29, 1.82) is 0 Å². The Bertz CT molecular complexity index is 315. The number of nitrogens with one attached hydrogen (secondary N) is 1. The van der Waals surface area contributed by atoms with E-state index in [1.54, 1.807) is 0 Å². The maximum atomic E-state index is 11.7. The number of carbonyl (C=O) groups is 1. The lowest BCUT2D eigenvalue weighted by Crippen LogP contribution is -2.55. The minimum atomic E-state index is -0.463. The van der Waals surface area contributed by atoms with Crippen LogP contribution in [0, 0.1) is 5.92 Å². The molecule has 3 unspecified atom stereocenters. The number of hydrogen-bond donors (Lipinski definition) is 2. The first-order valence-electron chi connectivity index (χ1n) is 7.67. The number of rotatable bonds is 4. The Morgan fingerprint density at radius 1 is 1.45 bits per heavy atom. The van der Waals surface area contributed by atoms with E-state index in [2.05, 4.69) is 24.1 Å². The van der Waals surface area contributed by atoms with Crippen LogP contribution in [0.1, 0.15) is 47.5 Å². The van der Waals surface area contributed by atoms with Crippen LogP contribution in [0.3, 0.4) is 0 Å². The van der Waals surface area contributed by atoms with Crippen LogP contribution < -0.4 is 11.1 Å². The summed E-state index contributed by atoms with van der Waals surface area (Å²) < 4.78 is 5.26. The highest BCUT2D eigenvalue weighted by Gasteiger charge is 2.30. The van der Waals surface area contributed by atoms with E-state index in [1.165, 1.54) is 12.8 Å². The van der Waals surface area contributed by atoms with E-state index in [-0.39, 0.29) is 12.1 Å². The first-order valence-corrected chi connectivity index (χ1v) is 7.67. The van der Waals surface area contributed by atoms with Gasteiger partial charge in [-0.15, -0.1) is 0 Å². The second-order valence-electron chi connectivity index (χ2n) is 6.87. The maximum absolute atomic E-state index is 11.7. The summed E-state index contributed by atoms with van der Waals surface area (Å²) in [7, 11) is 0. The molecule has 1 aliphatic heterocycles. The number of ether oxygens (including phenoxy) is 1. The number of alkyl carbamates (subject to hydrolysis) is 1. The van der Waals surface area contributed by atoms with E-state index in [0.29, 0.717) is 25.0 Å². The summed E-state index contributed by atoms with van der Waals surface area (Å²) in [6, 6.07) is 0.693. The number of carbonyl (C=O) groups excluding carboxylic acids is 1. The van der Waals surface area contributed by atoms with Crippen molar-refractivity contribution in [2.24, 2.45) is 11.7 Å². The second kappa shape index (κ2) is 7.27. The molecule has 1 fully saturated rings. The fourth-order valence-corrected chi connectivity index (χ4v) is 2.73. The zero-order valence-corrected chi connectivity index (χ0v) is 13.6. The molecule has 0 aromatic heterocycles. The standard InChI is InChI=1S/C15H31N3O2/c1-11-7-6-8-18(12(11)2)13(9-16)10-17-14(19)20-15(3,4)5/h11-13H,6-10,16H2,1-5H3,(H,17,19). The van der Waals surface area contributed by atoms with E-state index in [4.69, 9.17) is 10.5 Å². The van der Waals surface area contributed by atoms with E-state index in [9.17, 15) is 4.79 Å². The van der Waals surface area contributed by atoms with Crippen molar-refractivity contribution in [3.63, 3.8) is 0 Å². The summed E-state index contributed by atoms with van der Waals surface area (Å²) in [5.41, 5.74) is 5.43. The Balaban J connectivity index is 2.48. The average molecular weight is 285 g/mol. The zero-order valence-electron chi connectivity index (χ0n) is 13.6. The summed E-state index contributed by atoms with van der Waals surface area (Å²) >= 11 is 0. The molecular weight excluding hydrogens is 254 g/mol. The van der Waals surface area contributed by atoms with Gasteiger partial charge < -0.3 is 15.8 Å². The van der Waals surface area contributed by atoms with Crippen molar-refractivity contribution < 1.29 is 9.53 Å². The fourth-order valence-electron chi connectivity index (χ4n) is 2.73. The molecule has 1 rings (SSSR count). The smallest absolute Gasteiger partial charge is 0.407 e. The van der Waals surface area contributed by atoms with Crippen LogP contribution in [0.15, 0.2) is 0 Å². The monoisotopic (exact) mass is 285 g/mol. The normalized spacial score (nSPS) is 26.1. The first kappa shape index (κ1) is 17.2. The molecule has 20 heavy (non-hydrogen) atoms. The van der Waals surface area contributed by atoms with Crippen LogP contribution in [0.5, 0.6) is 0 Å². The molecule has 5 heteroatoms. The van der Waals surface area contributed by atoms with Crippen LogP contribution in [0.2, 0.25) is 0 Å². The molecule has 1 amide bonds. The van der Waals surface area contributed by atoms with Gasteiger partial charge in [-0.1, -0.05) is 6.92 Å². The summed E-state index contributed by atoms with van der Waals surface area (Å²) in [6.45, 7) is 12.3. The third-order valence-electron chi connectivity index (χ3n) is 4.04. The van der Waals surface area contributed by atoms with Gasteiger partial charge in [0.05, 0.1) is 0 Å². The summed E-state index contributed by atoms with van der Waals surface area (Å²) in [4.78, 5) is 14.1. The molecule has 1 heterocycles. The third kappa shape index (κ3) is 5.29. The van der Waals surface area contributed by atoms with Crippen LogP contribution in [0.4, 0.5) is 4.79 Å². The SMILES string of the molecule is CC1CCCN(C(CN)CNC(=O)OC(C)(C)C)C1C. The summed E-state index contributed by atoms with van der Waals surface area (Å²) in [5, 5.41) is 2.84. The molecule has 0 saturated carbocycles. The molecule has 0 aromatic carbocycles. The van der Waals surface area contributed by atoms with E-state index < -0.39 is 5.60 Å². The molecule has 118 valence electrons. The van der Waals surface area contributed by atoms with E-state index in [0.717, 1.165) is 6.54 Å². The zero-order chi connectivity index (χ0) is 15.3. The Labute approximate surface area is 123 Å². The molecule has 0 aromatic rings. The summed E-state index contributed by atoms with van der Waals surface area (Å²) in [6.07, 6.45) is 2.11. The van der Waals surface area contributed by atoms with Crippen LogP contribution in [0.25, 0.3) is 0 Å². The molecular formula is C15H31N3O2. The minimum Gasteiger partial charge on any atom is -0.444 e. The van der Waals surface area contributed by atoms with E-state index in [1.807, 2.05) is 20.8 Å². The Hall–Kier alpha value is -0.810. The van der Waals surface area contributed by atoms with Gasteiger partial charge in [-0.2, -0.15) is 0 Å². The molecule has 1 aliphatic rings. The number of nitrogens with two attached hydrogens (primary N) is 1. The van der Waals surface area contributed by atoms with Crippen molar-refractivity contribution in [1.82, 2.24) is 10.2 Å². The molecule has 3 N–H and O–H groups in total. The molecule has 0 aliphatic carbocycles. The number of amides is 1. The number of hydrogen-bond acceptors (Lipinski definition) is 4. The highest BCUT2D eigenvalue weighted by atomic mass is 16.6. The van der Waals surface area contributed by atoms with Gasteiger partial charge in [0.1, 0.15) is 5.60 Å². The van der Waals surface area contributed by atoms with Crippen molar-refractivity contribution in [3.05, 3.63) is 0 Å². The van der Waals surface area contributed by atoms with Crippen LogP contribution >= 0.6 is 0 Å². The van der Waals surface area contributed by atoms with Gasteiger partial charge in [0.25, 0.3) is 0 Å². The number of piperidine rings is 1. The largest absolute Gasteiger partial charge is 0.444 e. The molecule has 0 spiro atoms. The molecule has 0 radical (unpaired) electrons. The Kier molecular flexibility index (Phi) is 6.27. The minimum absolute atomic E-state index is 0.181. The summed E-state index contributed by atoms with van der Waals surface area (Å²) in [5.74, 6) is 0.680. The average Bonchev–Trinajstić information content (AvgIpc) is 2.32. The van der Waals surface area contributed by atoms with Crippen molar-refractivity contribution in [3.8, 4) is 0 Å². The highest BCUT2D eigenvalue weighted by molar-refractivity contribution is 5.67. The topological polar surface area (TPSA) is 67.6 Å². The quantitative estimate of drug-likeness (QED) is 0.828. The maximum Gasteiger partial charge on any atom is 0.407 e. The Morgan fingerprint density at radius 3 is 2.65 bits per heavy atom. The van der Waals surface area contributed by atoms with Gasteiger partial charge in [0.15, 0.2) is 0 Å². The highest BCUT2D eigenvalue weighted by Crippen LogP contribution is 2.24. The molecule has 5 nitrogen and oxygen atoms in total. The fraction of sp³-hybridized carbons (Fsp3) is 0.933. The lowest BCUT2D eigenvalue weighted by atomic mass is 9.90. The second-order valence-corrected chi connectivity index (χ2v) is 6.87. The third-order valence-corrected chi connectivity index (χ3v) is 4.04. The Morgan fingerprint density at radius 2 is 2.10 bits per heavy atom. The molecule has 1 saturated heterocycles. The van der Waals surface area contributed by atoms with Crippen LogP contribution in [-0.4, -0.2) is 48.3 Å². The van der Waals surface area contributed by atoms with Crippen LogP contribution in [-0.2, 0) is 4.74 Å². The number of likely N-dealkylation sites (tertiary alicyclic amines) is 1.